The Labute approximate surface area is 260 Å². The lowest BCUT2D eigenvalue weighted by Crippen LogP contribution is -2.32. The summed E-state index contributed by atoms with van der Waals surface area (Å²) < 4.78 is 24.9. The molecule has 46 heavy (non-hydrogen) atoms. The zero-order valence-electron chi connectivity index (χ0n) is 25.6. The maximum atomic E-state index is 15.3. The molecule has 1 aliphatic carbocycles. The minimum atomic E-state index is -3.40. The van der Waals surface area contributed by atoms with Gasteiger partial charge in [0, 0.05) is 36.3 Å². The molecular weight excluding hydrogens is 601 g/mol. The maximum Gasteiger partial charge on any atom is 0.404 e. The molecule has 1 aromatic carbocycles. The Morgan fingerprint density at radius 3 is 2.48 bits per heavy atom. The van der Waals surface area contributed by atoms with E-state index in [0.29, 0.717) is 37.9 Å². The number of aliphatic hydroxyl groups is 3. The summed E-state index contributed by atoms with van der Waals surface area (Å²) in [7, 11) is 2.94. The lowest BCUT2D eigenvalue weighted by Gasteiger charge is -2.13. The normalized spacial score (nSPS) is 14.1. The summed E-state index contributed by atoms with van der Waals surface area (Å²) >= 11 is 0. The molecule has 1 amide bonds. The van der Waals surface area contributed by atoms with Crippen LogP contribution in [0.1, 0.15) is 51.6 Å². The number of amides is 1. The van der Waals surface area contributed by atoms with Gasteiger partial charge in [0.25, 0.3) is 0 Å². The van der Waals surface area contributed by atoms with Gasteiger partial charge in [0.2, 0.25) is 5.95 Å². The number of carbonyl (C=O) groups excluding carboxylic acids is 1. The Bertz CT molecular complexity index is 2160. The van der Waals surface area contributed by atoms with Gasteiger partial charge in [0.15, 0.2) is 0 Å². The SMILES string of the molecule is CC(C)n1ncc2cc(-c3c(-c4cn(C(O)(O)O)nc4F)[nH]c4ncc5c(c34)n(C3CCCC3)c(=O)n5C)ccc21.COC(N)=O. The van der Waals surface area contributed by atoms with Gasteiger partial charge in [-0.2, -0.15) is 14.2 Å². The van der Waals surface area contributed by atoms with E-state index in [2.05, 4.69) is 30.6 Å². The number of nitrogens with one attached hydrogen (secondary N) is 1. The fourth-order valence-electron chi connectivity index (χ4n) is 6.27. The molecule has 0 unspecified atom stereocenters. The van der Waals surface area contributed by atoms with E-state index in [0.717, 1.165) is 42.8 Å². The topological polar surface area (TPSA) is 204 Å². The lowest BCUT2D eigenvalue weighted by molar-refractivity contribution is -0.381. The van der Waals surface area contributed by atoms with Crippen molar-refractivity contribution in [3.63, 3.8) is 0 Å². The Kier molecular flexibility index (Phi) is 7.66. The molecule has 0 aliphatic heterocycles. The highest BCUT2D eigenvalue weighted by Crippen LogP contribution is 2.43. The Morgan fingerprint density at radius 2 is 1.87 bits per heavy atom. The van der Waals surface area contributed by atoms with E-state index < -0.39 is 18.1 Å². The molecule has 1 aliphatic rings. The fourth-order valence-corrected chi connectivity index (χ4v) is 6.27. The molecule has 0 saturated heterocycles. The third-order valence-corrected chi connectivity index (χ3v) is 8.38. The molecule has 5 heterocycles. The van der Waals surface area contributed by atoms with Crippen molar-refractivity contribution in [1.82, 2.24) is 38.7 Å². The number of carbonyl (C=O) groups is 1. The summed E-state index contributed by atoms with van der Waals surface area (Å²) in [5, 5.41) is 38.5. The van der Waals surface area contributed by atoms with E-state index in [9.17, 15) is 24.9 Å². The zero-order valence-corrected chi connectivity index (χ0v) is 25.6. The number of primary amides is 1. The van der Waals surface area contributed by atoms with Gasteiger partial charge in [-0.1, -0.05) is 18.9 Å². The van der Waals surface area contributed by atoms with Crippen molar-refractivity contribution in [2.75, 3.05) is 7.11 Å². The summed E-state index contributed by atoms with van der Waals surface area (Å²) in [6, 6.07) is 5.97. The van der Waals surface area contributed by atoms with Gasteiger partial charge >= 0.3 is 17.9 Å². The van der Waals surface area contributed by atoms with Crippen LogP contribution in [-0.4, -0.2) is 67.2 Å². The summed E-state index contributed by atoms with van der Waals surface area (Å²) in [6.07, 6.45) is 4.07. The highest BCUT2D eigenvalue weighted by molar-refractivity contribution is 6.14. The lowest BCUT2D eigenvalue weighted by atomic mass is 9.98. The molecule has 1 fully saturated rings. The molecule has 242 valence electrons. The molecule has 0 spiro atoms. The molecule has 6 aromatic rings. The van der Waals surface area contributed by atoms with E-state index in [4.69, 9.17) is 0 Å². The molecule has 7 rings (SSSR count). The number of rotatable bonds is 5. The van der Waals surface area contributed by atoms with Crippen LogP contribution >= 0.6 is 0 Å². The van der Waals surface area contributed by atoms with E-state index in [1.165, 1.54) is 7.11 Å². The number of ether oxygens (including phenoxy) is 1. The van der Waals surface area contributed by atoms with E-state index in [-0.39, 0.29) is 29.0 Å². The summed E-state index contributed by atoms with van der Waals surface area (Å²) in [5.74, 6) is -1.04. The fraction of sp³-hybridized carbons (Fsp3) is 0.367. The molecule has 0 radical (unpaired) electrons. The second kappa shape index (κ2) is 11.4. The predicted octanol–water partition coefficient (Wildman–Crippen LogP) is 3.19. The van der Waals surface area contributed by atoms with Gasteiger partial charge in [-0.15, -0.1) is 5.10 Å². The minimum Gasteiger partial charge on any atom is -0.453 e. The highest BCUT2D eigenvalue weighted by atomic mass is 19.1. The summed E-state index contributed by atoms with van der Waals surface area (Å²) in [6.45, 7) is 4.09. The van der Waals surface area contributed by atoms with Crippen molar-refractivity contribution in [3.05, 3.63) is 53.2 Å². The van der Waals surface area contributed by atoms with Crippen molar-refractivity contribution in [3.8, 4) is 22.4 Å². The zero-order chi connectivity index (χ0) is 33.1. The second-order valence-electron chi connectivity index (χ2n) is 11.6. The largest absolute Gasteiger partial charge is 0.453 e. The number of benzene rings is 1. The van der Waals surface area contributed by atoms with Gasteiger partial charge in [-0.25, -0.2) is 14.6 Å². The van der Waals surface area contributed by atoms with Crippen LogP contribution in [0.2, 0.25) is 0 Å². The van der Waals surface area contributed by atoms with Crippen LogP contribution in [0.5, 0.6) is 0 Å². The van der Waals surface area contributed by atoms with E-state index in [1.54, 1.807) is 24.0 Å². The molecule has 0 atom stereocenters. The first-order valence-electron chi connectivity index (χ1n) is 14.7. The first kappa shape index (κ1) is 30.9. The smallest absolute Gasteiger partial charge is 0.404 e. The van der Waals surface area contributed by atoms with Crippen LogP contribution in [0.4, 0.5) is 9.18 Å². The van der Waals surface area contributed by atoms with Crippen molar-refractivity contribution < 1.29 is 29.2 Å². The number of aromatic nitrogens is 8. The Morgan fingerprint density at radius 1 is 1.17 bits per heavy atom. The number of hydrogen-bond acceptors (Lipinski definition) is 9. The Balaban J connectivity index is 0.000000692. The van der Waals surface area contributed by atoms with Crippen molar-refractivity contribution in [1.29, 1.82) is 0 Å². The molecule has 1 saturated carbocycles. The molecule has 6 N–H and O–H groups in total. The number of nitrogens with zero attached hydrogens (tertiary/aromatic N) is 7. The molecule has 5 aromatic heterocycles. The monoisotopic (exact) mass is 635 g/mol. The number of H-pyrrole nitrogens is 1. The minimum absolute atomic E-state index is 0.0213. The molecular formula is C30H34FN9O6. The van der Waals surface area contributed by atoms with Gasteiger partial charge in [-0.3, -0.25) is 13.8 Å². The van der Waals surface area contributed by atoms with Crippen LogP contribution in [-0.2, 0) is 17.9 Å². The average Bonchev–Trinajstić information content (AvgIpc) is 3.83. The van der Waals surface area contributed by atoms with Crippen molar-refractivity contribution in [2.45, 2.75) is 57.7 Å². The van der Waals surface area contributed by atoms with Crippen LogP contribution in [0.15, 0.2) is 41.6 Å². The molecule has 15 nitrogen and oxygen atoms in total. The number of methoxy groups -OCH3 is 1. The number of aryl methyl sites for hydroxylation is 1. The molecule has 16 heteroatoms. The van der Waals surface area contributed by atoms with Crippen LogP contribution < -0.4 is 11.4 Å². The maximum absolute atomic E-state index is 15.3. The van der Waals surface area contributed by atoms with Crippen LogP contribution in [0.25, 0.3) is 55.4 Å². The van der Waals surface area contributed by atoms with Gasteiger partial charge in [-0.05, 0) is 44.4 Å². The van der Waals surface area contributed by atoms with Gasteiger partial charge < -0.3 is 30.8 Å². The van der Waals surface area contributed by atoms with Crippen LogP contribution in [0.3, 0.4) is 0 Å². The number of hydrogen-bond donors (Lipinski definition) is 5. The number of fused-ring (bicyclic) bond motifs is 4. The van der Waals surface area contributed by atoms with E-state index >= 15 is 4.39 Å². The van der Waals surface area contributed by atoms with Gasteiger partial charge in [0.1, 0.15) is 5.65 Å². The highest BCUT2D eigenvalue weighted by Gasteiger charge is 2.31. The number of halogens is 1. The first-order chi connectivity index (χ1) is 21.8. The van der Waals surface area contributed by atoms with Crippen LogP contribution in [0, 0.1) is 5.95 Å². The number of pyridine rings is 1. The predicted molar refractivity (Wildman–Crippen MR) is 166 cm³/mol. The third kappa shape index (κ3) is 5.09. The molecule has 0 bridgehead atoms. The quantitative estimate of drug-likeness (QED) is 0.176. The number of aromatic amines is 1. The van der Waals surface area contributed by atoms with E-state index in [1.807, 2.05) is 41.3 Å². The van der Waals surface area contributed by atoms with Gasteiger partial charge in [0.05, 0.1) is 52.7 Å². The standard InChI is InChI=1S/C28H29FN8O4.C2H5NO2/c1-14(2)37-19-9-8-15(10-16(19)11-31-37)21-22-24-20(34(3)27(38)36(24)17-6-4-5-7-17)12-30-26(22)32-23(21)18-13-35(28(39,40)41)33-25(18)29;1-5-2(3)4/h8-14,17,39-41H,4-7H2,1-3H3,(H,30,32);1H3,(H2,3,4). The summed E-state index contributed by atoms with van der Waals surface area (Å²) in [5.41, 5.74) is 8.40. The number of nitrogens with two attached hydrogens (primary N) is 1. The first-order valence-corrected chi connectivity index (χ1v) is 14.7. The van der Waals surface area contributed by atoms with Crippen molar-refractivity contribution in [2.24, 2.45) is 12.8 Å². The third-order valence-electron chi connectivity index (χ3n) is 8.38. The summed E-state index contributed by atoms with van der Waals surface area (Å²) in [4.78, 5) is 30.8. The number of imidazole rings is 1. The second-order valence-corrected chi connectivity index (χ2v) is 11.6. The van der Waals surface area contributed by atoms with Crippen molar-refractivity contribution >= 4 is 39.1 Å². The average molecular weight is 636 g/mol. The Hall–Kier alpha value is -5.06.